The van der Waals surface area contributed by atoms with Gasteiger partial charge in [0.2, 0.25) is 0 Å². The monoisotopic (exact) mass is 356 g/mol. The molecule has 144 valence electrons. The van der Waals surface area contributed by atoms with Crippen molar-refractivity contribution in [3.8, 4) is 0 Å². The number of hydrogen-bond donors (Lipinski definition) is 2. The van der Waals surface area contributed by atoms with E-state index in [1.807, 2.05) is 91.0 Å². The van der Waals surface area contributed by atoms with Crippen LogP contribution in [-0.4, -0.2) is 15.3 Å². The number of aromatic nitrogens is 2. The van der Waals surface area contributed by atoms with Crippen molar-refractivity contribution >= 4 is 12.2 Å². The Morgan fingerprint density at radius 1 is 0.962 bits per heavy atom. The summed E-state index contributed by atoms with van der Waals surface area (Å²) >= 11 is 0. The van der Waals surface area contributed by atoms with Gasteiger partial charge in [-0.2, -0.15) is 5.10 Å². The Morgan fingerprint density at radius 3 is 2.15 bits per heavy atom. The molecule has 0 radical (unpaired) electrons. The molecule has 3 heteroatoms. The summed E-state index contributed by atoms with van der Waals surface area (Å²) in [4.78, 5) is 0. The molecular formula is C23H36N2O. The van der Waals surface area contributed by atoms with Gasteiger partial charge in [-0.1, -0.05) is 69.7 Å². The van der Waals surface area contributed by atoms with E-state index in [1.165, 1.54) is 0 Å². The lowest BCUT2D eigenvalue weighted by atomic mass is 10.2. The summed E-state index contributed by atoms with van der Waals surface area (Å²) in [6, 6.07) is 1.98. The smallest absolute Gasteiger partial charge is 0.0891 e. The predicted octanol–water partition coefficient (Wildman–Crippen LogP) is 7.42. The van der Waals surface area contributed by atoms with Crippen molar-refractivity contribution in [2.45, 2.75) is 55.4 Å². The van der Waals surface area contributed by atoms with Crippen molar-refractivity contribution in [1.82, 2.24) is 10.2 Å². The second-order valence-corrected chi connectivity index (χ2v) is 4.92. The number of H-pyrrole nitrogens is 1. The fourth-order valence-corrected chi connectivity index (χ4v) is 1.67. The number of rotatable bonds is 6. The molecule has 0 atom stereocenters. The average Bonchev–Trinajstić information content (AvgIpc) is 3.13. The van der Waals surface area contributed by atoms with Crippen LogP contribution in [0.2, 0.25) is 0 Å². The lowest BCUT2D eigenvalue weighted by Crippen LogP contribution is -1.74. The minimum atomic E-state index is 0.292. The molecule has 0 fully saturated rings. The van der Waals surface area contributed by atoms with Gasteiger partial charge in [-0.3, -0.25) is 5.10 Å². The maximum absolute atomic E-state index is 9.11. The number of hydrogen-bond acceptors (Lipinski definition) is 2. The quantitative estimate of drug-likeness (QED) is 0.411. The van der Waals surface area contributed by atoms with Gasteiger partial charge in [0.05, 0.1) is 17.1 Å². The van der Waals surface area contributed by atoms with Crippen molar-refractivity contribution in [3.63, 3.8) is 0 Å². The van der Waals surface area contributed by atoms with E-state index in [4.69, 9.17) is 5.11 Å². The zero-order valence-corrected chi connectivity index (χ0v) is 17.7. The van der Waals surface area contributed by atoms with Crippen LogP contribution in [0, 0.1) is 0 Å². The lowest BCUT2D eigenvalue weighted by molar-refractivity contribution is 0.414. The largest absolute Gasteiger partial charge is 0.513 e. The molecule has 0 bridgehead atoms. The minimum absolute atomic E-state index is 0.292. The van der Waals surface area contributed by atoms with E-state index >= 15 is 0 Å². The second kappa shape index (κ2) is 17.3. The first-order valence-electron chi connectivity index (χ1n) is 9.30. The topological polar surface area (TPSA) is 48.9 Å². The third-order valence-electron chi connectivity index (χ3n) is 2.87. The van der Waals surface area contributed by atoms with Gasteiger partial charge in [-0.15, -0.1) is 0 Å². The number of nitrogens with zero attached hydrogens (tertiary/aromatic N) is 1. The highest BCUT2D eigenvalue weighted by Gasteiger charge is 1.94. The van der Waals surface area contributed by atoms with E-state index in [-0.39, 0.29) is 0 Å². The zero-order valence-electron chi connectivity index (χ0n) is 17.7. The van der Waals surface area contributed by atoms with Crippen LogP contribution in [0.1, 0.15) is 66.8 Å². The first kappa shape index (κ1) is 25.7. The Morgan fingerprint density at radius 2 is 1.62 bits per heavy atom. The molecule has 26 heavy (non-hydrogen) atoms. The van der Waals surface area contributed by atoms with Crippen LogP contribution in [0.25, 0.3) is 12.2 Å². The van der Waals surface area contributed by atoms with Crippen LogP contribution < -0.4 is 0 Å². The van der Waals surface area contributed by atoms with E-state index in [9.17, 15) is 0 Å². The van der Waals surface area contributed by atoms with E-state index in [2.05, 4.69) is 22.3 Å². The minimum Gasteiger partial charge on any atom is -0.513 e. The Balaban J connectivity index is 0. The predicted molar refractivity (Wildman–Crippen MR) is 118 cm³/mol. The van der Waals surface area contributed by atoms with Gasteiger partial charge < -0.3 is 5.11 Å². The van der Waals surface area contributed by atoms with Gasteiger partial charge in [-0.25, -0.2) is 0 Å². The molecule has 0 aliphatic rings. The molecule has 0 unspecified atom stereocenters. The molecule has 1 aromatic rings. The molecule has 0 saturated heterocycles. The number of aromatic amines is 1. The molecular weight excluding hydrogens is 320 g/mol. The van der Waals surface area contributed by atoms with Crippen LogP contribution in [0.5, 0.6) is 0 Å². The summed E-state index contributed by atoms with van der Waals surface area (Å²) < 4.78 is 0. The van der Waals surface area contributed by atoms with Gasteiger partial charge in [0.15, 0.2) is 0 Å². The maximum atomic E-state index is 9.11. The third-order valence-corrected chi connectivity index (χ3v) is 2.87. The molecule has 3 nitrogen and oxygen atoms in total. The summed E-state index contributed by atoms with van der Waals surface area (Å²) in [6.07, 6.45) is 17.6. The Kier molecular flexibility index (Phi) is 17.1. The zero-order chi connectivity index (χ0) is 20.4. The highest BCUT2D eigenvalue weighted by Crippen LogP contribution is 2.09. The van der Waals surface area contributed by atoms with Crippen molar-refractivity contribution < 1.29 is 5.11 Å². The highest BCUT2D eigenvalue weighted by molar-refractivity contribution is 5.56. The van der Waals surface area contributed by atoms with E-state index in [0.29, 0.717) is 5.76 Å². The van der Waals surface area contributed by atoms with Gasteiger partial charge in [0.1, 0.15) is 0 Å². The molecule has 0 aromatic carbocycles. The molecule has 0 amide bonds. The Bertz CT molecular complexity index is 650. The van der Waals surface area contributed by atoms with E-state index < -0.39 is 0 Å². The number of aliphatic hydroxyl groups excluding tert-OH is 1. The molecule has 1 aromatic heterocycles. The van der Waals surface area contributed by atoms with E-state index in [0.717, 1.165) is 22.5 Å². The van der Waals surface area contributed by atoms with Gasteiger partial charge in [-0.05, 0) is 57.6 Å². The summed E-state index contributed by atoms with van der Waals surface area (Å²) in [5.74, 6) is 0.292. The third kappa shape index (κ3) is 12.8. The van der Waals surface area contributed by atoms with Gasteiger partial charge in [0, 0.05) is 0 Å². The molecule has 2 N–H and O–H groups in total. The SMILES string of the molecule is CC.CC.C\C=C/C(/C=C/c1cc(/C=C/C(C)=C/C=C(\C)O)n[nH]1)=C\C. The number of allylic oxidation sites excluding steroid dienone is 10. The van der Waals surface area contributed by atoms with Crippen molar-refractivity contribution in [1.29, 1.82) is 0 Å². The van der Waals surface area contributed by atoms with Crippen LogP contribution in [0.3, 0.4) is 0 Å². The summed E-state index contributed by atoms with van der Waals surface area (Å²) in [6.45, 7) is 15.6. The molecule has 1 heterocycles. The van der Waals surface area contributed by atoms with Crippen LogP contribution in [0.15, 0.2) is 65.5 Å². The van der Waals surface area contributed by atoms with Crippen LogP contribution in [0.4, 0.5) is 0 Å². The van der Waals surface area contributed by atoms with Crippen LogP contribution >= 0.6 is 0 Å². The normalized spacial score (nSPS) is 13.0. The summed E-state index contributed by atoms with van der Waals surface area (Å²) in [7, 11) is 0. The van der Waals surface area contributed by atoms with Gasteiger partial charge >= 0.3 is 0 Å². The van der Waals surface area contributed by atoms with E-state index in [1.54, 1.807) is 13.0 Å². The molecule has 0 aliphatic heterocycles. The standard InChI is InChI=1S/C19H24N2O.2C2H6/c1-5-7-17(6-2)11-13-19-14-18(20-21-19)12-9-15(3)8-10-16(4)22;2*1-2/h5-14,22H,1-4H3,(H,20,21);2*1-2H3/b7-5-,12-9+,13-11+,15-8+,16-10+,17-6+;;. The maximum Gasteiger partial charge on any atom is 0.0891 e. The highest BCUT2D eigenvalue weighted by atomic mass is 16.3. The first-order valence-corrected chi connectivity index (χ1v) is 9.30. The van der Waals surface area contributed by atoms with Crippen LogP contribution in [-0.2, 0) is 0 Å². The Hall–Kier alpha value is -2.55. The fourth-order valence-electron chi connectivity index (χ4n) is 1.67. The molecule has 0 saturated carbocycles. The first-order chi connectivity index (χ1) is 12.5. The number of aliphatic hydroxyl groups is 1. The molecule has 0 spiro atoms. The summed E-state index contributed by atoms with van der Waals surface area (Å²) in [5.41, 5.74) is 4.01. The van der Waals surface area contributed by atoms with Crippen molar-refractivity contribution in [2.75, 3.05) is 0 Å². The second-order valence-electron chi connectivity index (χ2n) is 4.92. The number of nitrogens with one attached hydrogen (secondary N) is 1. The van der Waals surface area contributed by atoms with Crippen molar-refractivity contribution in [2.24, 2.45) is 0 Å². The van der Waals surface area contributed by atoms with Crippen molar-refractivity contribution in [3.05, 3.63) is 76.9 Å². The fraction of sp³-hybridized carbons (Fsp3) is 0.348. The Labute approximate surface area is 160 Å². The lowest BCUT2D eigenvalue weighted by Gasteiger charge is -1.90. The summed E-state index contributed by atoms with van der Waals surface area (Å²) in [5, 5.41) is 16.3. The molecule has 1 rings (SSSR count). The molecule has 0 aliphatic carbocycles. The average molecular weight is 357 g/mol. The van der Waals surface area contributed by atoms with Gasteiger partial charge in [0.25, 0.3) is 0 Å².